The van der Waals surface area contributed by atoms with Crippen molar-refractivity contribution in [2.45, 2.75) is 32.7 Å². The van der Waals surface area contributed by atoms with E-state index in [9.17, 15) is 0 Å². The number of benzene rings is 1. The van der Waals surface area contributed by atoms with Crippen molar-refractivity contribution in [1.82, 2.24) is 4.57 Å². The molecular formula is C14H18ClN. The summed E-state index contributed by atoms with van der Waals surface area (Å²) in [5, 5.41) is 1.34. The van der Waals surface area contributed by atoms with Gasteiger partial charge in [-0.25, -0.2) is 0 Å². The molecule has 2 aromatic rings. The summed E-state index contributed by atoms with van der Waals surface area (Å²) < 4.78 is 2.35. The maximum absolute atomic E-state index is 5.88. The van der Waals surface area contributed by atoms with Gasteiger partial charge in [-0.2, -0.15) is 0 Å². The zero-order chi connectivity index (χ0) is 11.8. The number of para-hydroxylation sites is 1. The lowest BCUT2D eigenvalue weighted by atomic mass is 10.0. The lowest BCUT2D eigenvalue weighted by Crippen LogP contribution is -2.25. The molecule has 0 saturated carbocycles. The molecule has 0 amide bonds. The molecule has 1 nitrogen and oxygen atoms in total. The summed E-state index contributed by atoms with van der Waals surface area (Å²) in [5.74, 6) is 0.693. The topological polar surface area (TPSA) is 4.93 Å². The summed E-state index contributed by atoms with van der Waals surface area (Å²) >= 11 is 5.88. The highest BCUT2D eigenvalue weighted by Crippen LogP contribution is 2.29. The molecule has 1 heterocycles. The lowest BCUT2D eigenvalue weighted by molar-refractivity contribution is 0.356. The second-order valence-corrected chi connectivity index (χ2v) is 5.33. The van der Waals surface area contributed by atoms with Gasteiger partial charge in [0.15, 0.2) is 0 Å². The van der Waals surface area contributed by atoms with Crippen LogP contribution in [0.2, 0.25) is 0 Å². The Balaban J connectivity index is 2.61. The number of hydrogen-bond donors (Lipinski definition) is 0. The van der Waals surface area contributed by atoms with E-state index in [1.54, 1.807) is 0 Å². The van der Waals surface area contributed by atoms with Crippen LogP contribution in [0.25, 0.3) is 10.9 Å². The molecule has 0 atom stereocenters. The van der Waals surface area contributed by atoms with Gasteiger partial charge in [-0.15, -0.1) is 11.6 Å². The minimum Gasteiger partial charge on any atom is -0.342 e. The fraction of sp³-hybridized carbons (Fsp3) is 0.429. The first kappa shape index (κ1) is 11.5. The number of fused-ring (bicyclic) bond motifs is 1. The normalized spacial score (nSPS) is 12.2. The number of nitrogens with zero attached hydrogens (tertiary/aromatic N) is 1. The van der Waals surface area contributed by atoms with Gasteiger partial charge in [0, 0.05) is 28.5 Å². The van der Waals surface area contributed by atoms with E-state index in [-0.39, 0.29) is 5.54 Å². The monoisotopic (exact) mass is 235 g/mol. The molecule has 0 aliphatic carbocycles. The molecule has 1 aromatic heterocycles. The van der Waals surface area contributed by atoms with Gasteiger partial charge in [-0.1, -0.05) is 18.2 Å². The van der Waals surface area contributed by atoms with Gasteiger partial charge in [-0.3, -0.25) is 0 Å². The van der Waals surface area contributed by atoms with Crippen molar-refractivity contribution in [2.24, 2.45) is 0 Å². The molecule has 0 spiro atoms. The average molecular weight is 236 g/mol. The molecule has 2 rings (SSSR count). The number of rotatable bonds is 3. The standard InChI is InChI=1S/C14H18ClN/c1-11-10-16(14(2,3)8-9-15)13-7-5-4-6-12(11)13/h4-7,10H,8-9H2,1-3H3. The molecule has 0 fully saturated rings. The predicted octanol–water partition coefficient (Wildman–Crippen LogP) is 4.31. The zero-order valence-corrected chi connectivity index (χ0v) is 10.9. The predicted molar refractivity (Wildman–Crippen MR) is 71.3 cm³/mol. The highest BCUT2D eigenvalue weighted by atomic mass is 35.5. The molecule has 0 radical (unpaired) electrons. The zero-order valence-electron chi connectivity index (χ0n) is 10.1. The fourth-order valence-electron chi connectivity index (χ4n) is 2.20. The number of halogens is 1. The smallest absolute Gasteiger partial charge is 0.0488 e. The van der Waals surface area contributed by atoms with Gasteiger partial charge in [0.05, 0.1) is 0 Å². The van der Waals surface area contributed by atoms with Crippen LogP contribution in [0.5, 0.6) is 0 Å². The molecule has 0 bridgehead atoms. The number of alkyl halides is 1. The first-order chi connectivity index (χ1) is 7.56. The Morgan fingerprint density at radius 2 is 1.94 bits per heavy atom. The van der Waals surface area contributed by atoms with Crippen molar-refractivity contribution >= 4 is 22.5 Å². The first-order valence-corrected chi connectivity index (χ1v) is 6.23. The molecule has 0 N–H and O–H groups in total. The Morgan fingerprint density at radius 3 is 2.62 bits per heavy atom. The van der Waals surface area contributed by atoms with Gasteiger partial charge in [-0.05, 0) is 38.8 Å². The van der Waals surface area contributed by atoms with Crippen LogP contribution < -0.4 is 0 Å². The van der Waals surface area contributed by atoms with Crippen LogP contribution in [0.1, 0.15) is 25.8 Å². The van der Waals surface area contributed by atoms with Crippen LogP contribution in [-0.2, 0) is 5.54 Å². The highest BCUT2D eigenvalue weighted by Gasteiger charge is 2.21. The summed E-state index contributed by atoms with van der Waals surface area (Å²) in [6.45, 7) is 6.64. The van der Waals surface area contributed by atoms with Crippen molar-refractivity contribution in [3.8, 4) is 0 Å². The molecule has 0 saturated heterocycles. The Hall–Kier alpha value is -0.950. The van der Waals surface area contributed by atoms with E-state index in [4.69, 9.17) is 11.6 Å². The minimum atomic E-state index is 0.0790. The fourth-order valence-corrected chi connectivity index (χ4v) is 2.66. The highest BCUT2D eigenvalue weighted by molar-refractivity contribution is 6.17. The van der Waals surface area contributed by atoms with Gasteiger partial charge < -0.3 is 4.57 Å². The minimum absolute atomic E-state index is 0.0790. The van der Waals surface area contributed by atoms with Crippen molar-refractivity contribution in [2.75, 3.05) is 5.88 Å². The summed E-state index contributed by atoms with van der Waals surface area (Å²) in [7, 11) is 0. The Labute approximate surface area is 102 Å². The lowest BCUT2D eigenvalue weighted by Gasteiger charge is -2.27. The van der Waals surface area contributed by atoms with Crippen LogP contribution in [-0.4, -0.2) is 10.4 Å². The van der Waals surface area contributed by atoms with E-state index >= 15 is 0 Å². The maximum Gasteiger partial charge on any atom is 0.0488 e. The molecule has 2 heteroatoms. The van der Waals surface area contributed by atoms with Crippen LogP contribution in [0, 0.1) is 6.92 Å². The van der Waals surface area contributed by atoms with E-state index in [1.807, 2.05) is 0 Å². The third-order valence-corrected chi connectivity index (χ3v) is 3.46. The Kier molecular flexibility index (Phi) is 2.98. The number of aromatic nitrogens is 1. The van der Waals surface area contributed by atoms with E-state index in [2.05, 4.69) is 55.8 Å². The molecule has 86 valence electrons. The maximum atomic E-state index is 5.88. The van der Waals surface area contributed by atoms with E-state index in [0.29, 0.717) is 5.88 Å². The van der Waals surface area contributed by atoms with Gasteiger partial charge in [0.1, 0.15) is 0 Å². The SMILES string of the molecule is Cc1cn(C(C)(C)CCCl)c2ccccc12. The Morgan fingerprint density at radius 1 is 1.25 bits per heavy atom. The quantitative estimate of drug-likeness (QED) is 0.699. The number of hydrogen-bond acceptors (Lipinski definition) is 0. The molecular weight excluding hydrogens is 218 g/mol. The van der Waals surface area contributed by atoms with E-state index in [0.717, 1.165) is 6.42 Å². The van der Waals surface area contributed by atoms with Gasteiger partial charge in [0.2, 0.25) is 0 Å². The van der Waals surface area contributed by atoms with E-state index in [1.165, 1.54) is 16.5 Å². The third kappa shape index (κ3) is 1.84. The largest absolute Gasteiger partial charge is 0.342 e. The van der Waals surface area contributed by atoms with Gasteiger partial charge in [0.25, 0.3) is 0 Å². The van der Waals surface area contributed by atoms with Crippen molar-refractivity contribution in [3.05, 3.63) is 36.0 Å². The van der Waals surface area contributed by atoms with Crippen LogP contribution in [0.4, 0.5) is 0 Å². The summed E-state index contributed by atoms with van der Waals surface area (Å²) in [6.07, 6.45) is 3.21. The average Bonchev–Trinajstić information content (AvgIpc) is 2.58. The Bertz CT molecular complexity index is 496. The molecule has 16 heavy (non-hydrogen) atoms. The summed E-state index contributed by atoms with van der Waals surface area (Å²) in [4.78, 5) is 0. The van der Waals surface area contributed by atoms with Gasteiger partial charge >= 0.3 is 0 Å². The second-order valence-electron chi connectivity index (χ2n) is 4.95. The van der Waals surface area contributed by atoms with Crippen molar-refractivity contribution < 1.29 is 0 Å². The second kappa shape index (κ2) is 4.14. The molecule has 0 aliphatic heterocycles. The van der Waals surface area contributed by atoms with Crippen molar-refractivity contribution in [1.29, 1.82) is 0 Å². The molecule has 0 unspecified atom stereocenters. The molecule has 0 aliphatic rings. The van der Waals surface area contributed by atoms with Crippen molar-refractivity contribution in [3.63, 3.8) is 0 Å². The summed E-state index contributed by atoms with van der Waals surface area (Å²) in [6, 6.07) is 8.54. The van der Waals surface area contributed by atoms with Crippen LogP contribution >= 0.6 is 11.6 Å². The van der Waals surface area contributed by atoms with E-state index < -0.39 is 0 Å². The van der Waals surface area contributed by atoms with Crippen LogP contribution in [0.3, 0.4) is 0 Å². The number of aryl methyl sites for hydroxylation is 1. The summed E-state index contributed by atoms with van der Waals surface area (Å²) in [5.41, 5.74) is 2.71. The third-order valence-electron chi connectivity index (χ3n) is 3.27. The van der Waals surface area contributed by atoms with Crippen LogP contribution in [0.15, 0.2) is 30.5 Å². The first-order valence-electron chi connectivity index (χ1n) is 5.69. The molecule has 1 aromatic carbocycles.